The lowest BCUT2D eigenvalue weighted by Crippen LogP contribution is -2.37. The van der Waals surface area contributed by atoms with Crippen molar-refractivity contribution in [2.24, 2.45) is 11.7 Å². The average Bonchev–Trinajstić information content (AvgIpc) is 3.22. The number of carboxylic acid groups (broad SMARTS) is 2. The molecule has 2 aliphatic rings. The minimum atomic E-state index is -0.811. The van der Waals surface area contributed by atoms with Gasteiger partial charge in [-0.15, -0.1) is 0 Å². The first-order chi connectivity index (χ1) is 14.4. The number of hydrogen-bond acceptors (Lipinski definition) is 5. The summed E-state index contributed by atoms with van der Waals surface area (Å²) in [7, 11) is 0. The second-order valence-electron chi connectivity index (χ2n) is 8.57. The largest absolute Gasteiger partial charge is 0.481 e. The molecule has 2 rings (SSSR count). The highest BCUT2D eigenvalue weighted by atomic mass is 32.2. The number of nitrogens with two attached hydrogens (primary N) is 1. The van der Waals surface area contributed by atoms with Crippen LogP contribution in [-0.2, 0) is 9.59 Å². The van der Waals surface area contributed by atoms with E-state index in [4.69, 9.17) is 10.8 Å². The molecule has 5 atom stereocenters. The van der Waals surface area contributed by atoms with Crippen molar-refractivity contribution in [3.8, 4) is 0 Å². The van der Waals surface area contributed by atoms with Gasteiger partial charge in [0.2, 0.25) is 0 Å². The van der Waals surface area contributed by atoms with Crippen molar-refractivity contribution in [2.75, 3.05) is 5.75 Å². The van der Waals surface area contributed by atoms with Crippen LogP contribution in [0.2, 0.25) is 0 Å². The summed E-state index contributed by atoms with van der Waals surface area (Å²) >= 11 is 1.85. The van der Waals surface area contributed by atoms with Crippen LogP contribution in [0.3, 0.4) is 0 Å². The van der Waals surface area contributed by atoms with E-state index in [2.05, 4.69) is 10.6 Å². The number of amides is 2. The molecule has 6 N–H and O–H groups in total. The second kappa shape index (κ2) is 13.0. The number of rotatable bonds is 16. The maximum Gasteiger partial charge on any atom is 0.315 e. The highest BCUT2D eigenvalue weighted by molar-refractivity contribution is 8.00. The van der Waals surface area contributed by atoms with Gasteiger partial charge < -0.3 is 26.6 Å². The van der Waals surface area contributed by atoms with Gasteiger partial charge in [-0.05, 0) is 25.7 Å². The van der Waals surface area contributed by atoms with Crippen molar-refractivity contribution in [3.05, 3.63) is 0 Å². The number of aliphatic carboxylic acids is 2. The lowest BCUT2D eigenvalue weighted by atomic mass is 9.89. The normalized spacial score (nSPS) is 24.7. The van der Waals surface area contributed by atoms with Crippen molar-refractivity contribution in [1.29, 1.82) is 0 Å². The Morgan fingerprint density at radius 3 is 2.33 bits per heavy atom. The number of nitrogens with one attached hydrogen (secondary N) is 2. The standard InChI is InChI=1S/C21H37N3O5S/c22-15(10-6-4-2-1-3-5-7-12-18(25)26)14(20(27)28)9-8-11-17-19-16(13-30-17)23-21(29)24-19/h14-17,19H,1-13,22H2,(H,25,26)(H,27,28)(H2,23,24,29)/t14?,15?,16-,17-,19-/m0/s1. The molecule has 0 aromatic carbocycles. The molecule has 0 saturated carbocycles. The van der Waals surface area contributed by atoms with E-state index < -0.39 is 17.9 Å². The highest BCUT2D eigenvalue weighted by Crippen LogP contribution is 2.33. The van der Waals surface area contributed by atoms with E-state index >= 15 is 0 Å². The van der Waals surface area contributed by atoms with Gasteiger partial charge in [-0.2, -0.15) is 11.8 Å². The molecule has 0 aromatic heterocycles. The molecule has 2 fully saturated rings. The predicted octanol–water partition coefficient (Wildman–Crippen LogP) is 2.95. The Morgan fingerprint density at radius 2 is 1.67 bits per heavy atom. The van der Waals surface area contributed by atoms with Gasteiger partial charge in [0.1, 0.15) is 0 Å². The van der Waals surface area contributed by atoms with Crippen molar-refractivity contribution >= 4 is 29.7 Å². The molecule has 0 radical (unpaired) electrons. The molecule has 0 aromatic rings. The summed E-state index contributed by atoms with van der Waals surface area (Å²) in [4.78, 5) is 33.6. The molecule has 2 amide bonds. The third kappa shape index (κ3) is 8.34. The molecule has 0 bridgehead atoms. The highest BCUT2D eigenvalue weighted by Gasteiger charge is 2.42. The lowest BCUT2D eigenvalue weighted by molar-refractivity contribution is -0.143. The van der Waals surface area contributed by atoms with Crippen LogP contribution in [0.4, 0.5) is 4.79 Å². The van der Waals surface area contributed by atoms with Gasteiger partial charge in [0.05, 0.1) is 18.0 Å². The molecular weight excluding hydrogens is 406 g/mol. The zero-order valence-corrected chi connectivity index (χ0v) is 18.5. The Bertz CT molecular complexity index is 577. The van der Waals surface area contributed by atoms with Crippen LogP contribution in [0.1, 0.15) is 77.0 Å². The van der Waals surface area contributed by atoms with E-state index in [0.717, 1.165) is 70.0 Å². The van der Waals surface area contributed by atoms with Gasteiger partial charge >= 0.3 is 18.0 Å². The molecule has 172 valence electrons. The molecule has 8 nitrogen and oxygen atoms in total. The van der Waals surface area contributed by atoms with Crippen LogP contribution in [0.5, 0.6) is 0 Å². The minimum absolute atomic E-state index is 0.0963. The monoisotopic (exact) mass is 443 g/mol. The maximum atomic E-state index is 11.7. The second-order valence-corrected chi connectivity index (χ2v) is 9.84. The smallest absolute Gasteiger partial charge is 0.315 e. The molecule has 2 saturated heterocycles. The van der Waals surface area contributed by atoms with Crippen LogP contribution in [0.25, 0.3) is 0 Å². The molecule has 2 heterocycles. The van der Waals surface area contributed by atoms with Gasteiger partial charge in [-0.3, -0.25) is 9.59 Å². The van der Waals surface area contributed by atoms with E-state index in [1.807, 2.05) is 11.8 Å². The zero-order valence-electron chi connectivity index (χ0n) is 17.7. The Morgan fingerprint density at radius 1 is 1.00 bits per heavy atom. The van der Waals surface area contributed by atoms with E-state index in [-0.39, 0.29) is 30.6 Å². The SMILES string of the molecule is NC(CCCCCCCCCC(=O)O)C(CCC[C@@H]1SC[C@@H]2NC(=O)N[C@@H]21)C(=O)O. The summed E-state index contributed by atoms with van der Waals surface area (Å²) in [6.45, 7) is 0. The lowest BCUT2D eigenvalue weighted by Gasteiger charge is -2.22. The van der Waals surface area contributed by atoms with Crippen LogP contribution in [-0.4, -0.2) is 57.3 Å². The third-order valence-corrected chi connectivity index (χ3v) is 7.71. The van der Waals surface area contributed by atoms with Gasteiger partial charge in [0.15, 0.2) is 0 Å². The van der Waals surface area contributed by atoms with Crippen LogP contribution in [0, 0.1) is 5.92 Å². The summed E-state index contributed by atoms with van der Waals surface area (Å²) in [5.41, 5.74) is 6.22. The number of unbranched alkanes of at least 4 members (excludes halogenated alkanes) is 6. The molecule has 30 heavy (non-hydrogen) atoms. The van der Waals surface area contributed by atoms with Gasteiger partial charge in [0, 0.05) is 23.5 Å². The first kappa shape index (κ1) is 24.8. The molecule has 0 spiro atoms. The summed E-state index contributed by atoms with van der Waals surface area (Å²) in [5.74, 6) is -1.14. The fourth-order valence-electron chi connectivity index (χ4n) is 4.44. The number of carboxylic acids is 2. The Labute approximate surface area is 183 Å². The predicted molar refractivity (Wildman–Crippen MR) is 118 cm³/mol. The summed E-state index contributed by atoms with van der Waals surface area (Å²) in [6, 6.07) is -0.0679. The Hall–Kier alpha value is -1.48. The number of hydrogen-bond donors (Lipinski definition) is 5. The summed E-state index contributed by atoms with van der Waals surface area (Å²) in [5, 5.41) is 24.4. The third-order valence-electron chi connectivity index (χ3n) is 6.20. The Kier molecular flexibility index (Phi) is 10.8. The number of carbonyl (C=O) groups is 3. The molecular formula is C21H37N3O5S. The van der Waals surface area contributed by atoms with Crippen LogP contribution >= 0.6 is 11.8 Å². The number of thioether (sulfide) groups is 1. The maximum absolute atomic E-state index is 11.7. The Balaban J connectivity index is 1.56. The summed E-state index contributed by atoms with van der Waals surface area (Å²) < 4.78 is 0. The summed E-state index contributed by atoms with van der Waals surface area (Å²) in [6.07, 6.45) is 10.1. The average molecular weight is 444 g/mol. The van der Waals surface area contributed by atoms with Crippen molar-refractivity contribution in [3.63, 3.8) is 0 Å². The topological polar surface area (TPSA) is 142 Å². The van der Waals surface area contributed by atoms with Gasteiger partial charge in [-0.1, -0.05) is 44.9 Å². The van der Waals surface area contributed by atoms with E-state index in [9.17, 15) is 19.5 Å². The van der Waals surface area contributed by atoms with Crippen LogP contribution in [0.15, 0.2) is 0 Å². The number of urea groups is 1. The first-order valence-corrected chi connectivity index (χ1v) is 12.3. The molecule has 0 aliphatic carbocycles. The van der Waals surface area contributed by atoms with Crippen molar-refractivity contribution < 1.29 is 24.6 Å². The molecule has 9 heteroatoms. The fourth-order valence-corrected chi connectivity index (χ4v) is 5.99. The molecule has 2 unspecified atom stereocenters. The van der Waals surface area contributed by atoms with Gasteiger partial charge in [-0.25, -0.2) is 4.79 Å². The molecule has 2 aliphatic heterocycles. The van der Waals surface area contributed by atoms with Crippen LogP contribution < -0.4 is 16.4 Å². The van der Waals surface area contributed by atoms with Crippen molar-refractivity contribution in [2.45, 2.75) is 100 Å². The number of fused-ring (bicyclic) bond motifs is 1. The zero-order chi connectivity index (χ0) is 21.9. The first-order valence-electron chi connectivity index (χ1n) is 11.3. The van der Waals surface area contributed by atoms with Crippen molar-refractivity contribution in [1.82, 2.24) is 10.6 Å². The van der Waals surface area contributed by atoms with E-state index in [1.165, 1.54) is 0 Å². The quantitative estimate of drug-likeness (QED) is 0.182. The van der Waals surface area contributed by atoms with Gasteiger partial charge in [0.25, 0.3) is 0 Å². The fraction of sp³-hybridized carbons (Fsp3) is 0.857. The minimum Gasteiger partial charge on any atom is -0.481 e. The number of carbonyl (C=O) groups excluding carboxylic acids is 1. The van der Waals surface area contributed by atoms with E-state index in [1.54, 1.807) is 0 Å². The van der Waals surface area contributed by atoms with E-state index in [0.29, 0.717) is 11.7 Å².